The Bertz CT molecular complexity index is 310. The number of rotatable bonds is 5. The lowest BCUT2D eigenvalue weighted by Gasteiger charge is -2.15. The van der Waals surface area contributed by atoms with Crippen molar-refractivity contribution in [3.8, 4) is 0 Å². The predicted octanol–water partition coefficient (Wildman–Crippen LogP) is 4.44. The van der Waals surface area contributed by atoms with Crippen molar-refractivity contribution in [2.24, 2.45) is 5.92 Å². The van der Waals surface area contributed by atoms with Crippen LogP contribution in [0.25, 0.3) is 0 Å². The summed E-state index contributed by atoms with van der Waals surface area (Å²) in [6.45, 7) is 5.25. The van der Waals surface area contributed by atoms with Crippen molar-refractivity contribution in [1.29, 1.82) is 0 Å². The van der Waals surface area contributed by atoms with Crippen LogP contribution in [0, 0.1) is 11.7 Å². The molecule has 0 fully saturated rings. The second kappa shape index (κ2) is 6.11. The van der Waals surface area contributed by atoms with Crippen LogP contribution in [-0.4, -0.2) is 6.54 Å². The quantitative estimate of drug-likeness (QED) is 0.837. The maximum atomic E-state index is 13.0. The second-order valence-electron chi connectivity index (χ2n) is 3.69. The maximum absolute atomic E-state index is 13.0. The normalized spacial score (nSPS) is 10.7. The molecule has 1 rings (SSSR count). The van der Waals surface area contributed by atoms with E-state index in [0.717, 1.165) is 29.5 Å². The Morgan fingerprint density at radius 1 is 1.33 bits per heavy atom. The summed E-state index contributed by atoms with van der Waals surface area (Å²) in [5.74, 6) is 0.449. The van der Waals surface area contributed by atoms with Crippen LogP contribution in [0.4, 0.5) is 10.1 Å². The van der Waals surface area contributed by atoms with Crippen LogP contribution < -0.4 is 5.32 Å². The van der Waals surface area contributed by atoms with Crippen molar-refractivity contribution < 1.29 is 4.39 Å². The molecule has 0 atom stereocenters. The van der Waals surface area contributed by atoms with E-state index in [1.54, 1.807) is 6.07 Å². The minimum absolute atomic E-state index is 0.203. The SMILES string of the molecule is CCC(CC)CNc1cc(F)ccc1Br. The molecule has 15 heavy (non-hydrogen) atoms. The molecule has 0 radical (unpaired) electrons. The average molecular weight is 274 g/mol. The fourth-order valence-corrected chi connectivity index (χ4v) is 1.85. The molecule has 0 unspecified atom stereocenters. The first-order valence-electron chi connectivity index (χ1n) is 5.36. The van der Waals surface area contributed by atoms with Crippen molar-refractivity contribution in [2.45, 2.75) is 26.7 Å². The Morgan fingerprint density at radius 3 is 2.60 bits per heavy atom. The first kappa shape index (κ1) is 12.5. The zero-order chi connectivity index (χ0) is 11.3. The summed E-state index contributed by atoms with van der Waals surface area (Å²) in [7, 11) is 0. The lowest BCUT2D eigenvalue weighted by Crippen LogP contribution is -2.13. The van der Waals surface area contributed by atoms with E-state index in [9.17, 15) is 4.39 Å². The van der Waals surface area contributed by atoms with E-state index >= 15 is 0 Å². The van der Waals surface area contributed by atoms with Crippen LogP contribution in [-0.2, 0) is 0 Å². The number of benzene rings is 1. The molecular weight excluding hydrogens is 257 g/mol. The van der Waals surface area contributed by atoms with Crippen molar-refractivity contribution in [1.82, 2.24) is 0 Å². The monoisotopic (exact) mass is 273 g/mol. The van der Waals surface area contributed by atoms with Crippen LogP contribution in [0.5, 0.6) is 0 Å². The fourth-order valence-electron chi connectivity index (χ4n) is 1.46. The summed E-state index contributed by atoms with van der Waals surface area (Å²) >= 11 is 3.40. The van der Waals surface area contributed by atoms with Gasteiger partial charge in [0.15, 0.2) is 0 Å². The molecule has 0 amide bonds. The molecule has 1 aromatic carbocycles. The van der Waals surface area contributed by atoms with E-state index in [1.807, 2.05) is 0 Å². The first-order chi connectivity index (χ1) is 7.17. The Morgan fingerprint density at radius 2 is 2.00 bits per heavy atom. The van der Waals surface area contributed by atoms with Crippen molar-refractivity contribution in [3.05, 3.63) is 28.5 Å². The van der Waals surface area contributed by atoms with Gasteiger partial charge < -0.3 is 5.32 Å². The van der Waals surface area contributed by atoms with E-state index in [2.05, 4.69) is 35.1 Å². The van der Waals surface area contributed by atoms with Gasteiger partial charge in [0.1, 0.15) is 5.82 Å². The molecule has 0 bridgehead atoms. The molecule has 0 saturated heterocycles. The van der Waals surface area contributed by atoms with E-state index in [-0.39, 0.29) is 5.82 Å². The third-order valence-electron chi connectivity index (χ3n) is 2.66. The lowest BCUT2D eigenvalue weighted by atomic mass is 10.0. The van der Waals surface area contributed by atoms with Crippen molar-refractivity contribution in [3.63, 3.8) is 0 Å². The number of anilines is 1. The molecule has 0 heterocycles. The molecule has 0 saturated carbocycles. The summed E-state index contributed by atoms with van der Waals surface area (Å²) in [5, 5.41) is 3.27. The van der Waals surface area contributed by atoms with Gasteiger partial charge in [-0.1, -0.05) is 26.7 Å². The molecule has 1 nitrogen and oxygen atoms in total. The van der Waals surface area contributed by atoms with Gasteiger partial charge >= 0.3 is 0 Å². The third kappa shape index (κ3) is 3.82. The molecule has 1 aromatic rings. The van der Waals surface area contributed by atoms with Gasteiger partial charge in [0.25, 0.3) is 0 Å². The van der Waals surface area contributed by atoms with Crippen LogP contribution in [0.3, 0.4) is 0 Å². The van der Waals surface area contributed by atoms with Crippen LogP contribution >= 0.6 is 15.9 Å². The van der Waals surface area contributed by atoms with Gasteiger partial charge in [-0.15, -0.1) is 0 Å². The lowest BCUT2D eigenvalue weighted by molar-refractivity contribution is 0.519. The first-order valence-corrected chi connectivity index (χ1v) is 6.15. The molecule has 0 spiro atoms. The maximum Gasteiger partial charge on any atom is 0.125 e. The number of hydrogen-bond donors (Lipinski definition) is 1. The van der Waals surface area contributed by atoms with Crippen LogP contribution in [0.2, 0.25) is 0 Å². The zero-order valence-electron chi connectivity index (χ0n) is 9.19. The molecule has 0 aliphatic carbocycles. The summed E-state index contributed by atoms with van der Waals surface area (Å²) in [6, 6.07) is 4.70. The summed E-state index contributed by atoms with van der Waals surface area (Å²) < 4.78 is 13.9. The highest BCUT2D eigenvalue weighted by Gasteiger charge is 2.05. The van der Waals surface area contributed by atoms with Gasteiger partial charge in [-0.05, 0) is 40.0 Å². The zero-order valence-corrected chi connectivity index (χ0v) is 10.8. The Balaban J connectivity index is 2.60. The van der Waals surface area contributed by atoms with Crippen LogP contribution in [0.15, 0.2) is 22.7 Å². The average Bonchev–Trinajstić information content (AvgIpc) is 2.24. The molecular formula is C12H17BrFN. The van der Waals surface area contributed by atoms with Gasteiger partial charge in [0, 0.05) is 11.0 Å². The highest BCUT2D eigenvalue weighted by Crippen LogP contribution is 2.23. The summed E-state index contributed by atoms with van der Waals surface area (Å²) in [4.78, 5) is 0. The van der Waals surface area contributed by atoms with Gasteiger partial charge in [0.2, 0.25) is 0 Å². The molecule has 84 valence electrons. The highest BCUT2D eigenvalue weighted by atomic mass is 79.9. The van der Waals surface area contributed by atoms with Crippen molar-refractivity contribution >= 4 is 21.6 Å². The van der Waals surface area contributed by atoms with E-state index in [0.29, 0.717) is 5.92 Å². The molecule has 0 aliphatic rings. The van der Waals surface area contributed by atoms with Gasteiger partial charge in [-0.3, -0.25) is 0 Å². The Labute approximate surface area is 99.2 Å². The number of halogens is 2. The minimum atomic E-state index is -0.203. The Hall–Kier alpha value is -0.570. The summed E-state index contributed by atoms with van der Waals surface area (Å²) in [5.41, 5.74) is 0.835. The molecule has 0 aliphatic heterocycles. The molecule has 1 N–H and O–H groups in total. The van der Waals surface area contributed by atoms with E-state index in [1.165, 1.54) is 12.1 Å². The topological polar surface area (TPSA) is 12.0 Å². The number of nitrogens with one attached hydrogen (secondary N) is 1. The van der Waals surface area contributed by atoms with Crippen molar-refractivity contribution in [2.75, 3.05) is 11.9 Å². The van der Waals surface area contributed by atoms with Gasteiger partial charge in [-0.2, -0.15) is 0 Å². The van der Waals surface area contributed by atoms with E-state index in [4.69, 9.17) is 0 Å². The molecule has 0 aromatic heterocycles. The van der Waals surface area contributed by atoms with Crippen LogP contribution in [0.1, 0.15) is 26.7 Å². The minimum Gasteiger partial charge on any atom is -0.384 e. The smallest absolute Gasteiger partial charge is 0.125 e. The Kier molecular flexibility index (Phi) is 5.09. The number of hydrogen-bond acceptors (Lipinski definition) is 1. The highest BCUT2D eigenvalue weighted by molar-refractivity contribution is 9.10. The van der Waals surface area contributed by atoms with Gasteiger partial charge in [0.05, 0.1) is 5.69 Å². The largest absolute Gasteiger partial charge is 0.384 e. The molecule has 3 heteroatoms. The predicted molar refractivity (Wildman–Crippen MR) is 66.7 cm³/mol. The standard InChI is InChI=1S/C12H17BrFN/c1-3-9(4-2)8-15-12-7-10(14)5-6-11(12)13/h5-7,9,15H,3-4,8H2,1-2H3. The van der Waals surface area contributed by atoms with Gasteiger partial charge in [-0.25, -0.2) is 4.39 Å². The van der Waals surface area contributed by atoms with E-state index < -0.39 is 0 Å². The second-order valence-corrected chi connectivity index (χ2v) is 4.54. The fraction of sp³-hybridized carbons (Fsp3) is 0.500. The summed E-state index contributed by atoms with van der Waals surface area (Å²) in [6.07, 6.45) is 2.30. The third-order valence-corrected chi connectivity index (χ3v) is 3.36.